The molecule has 0 aromatic heterocycles. The summed E-state index contributed by atoms with van der Waals surface area (Å²) < 4.78 is 27.5. The quantitative estimate of drug-likeness (QED) is 0.279. The molecule has 4 atom stereocenters. The SMILES string of the molecule is COC(=O)C1(C2CCC(=O)O2)CC(=O)c2c(O)cc(C)c(-c3c(C)cc4c(c3O)C(O)=C3C(=O)CCC(O)C3(C(=O)OC)O4)c2O1. The van der Waals surface area contributed by atoms with Crippen molar-refractivity contribution in [3.8, 4) is 34.1 Å². The maximum Gasteiger partial charge on any atom is 0.358 e. The van der Waals surface area contributed by atoms with E-state index in [1.54, 1.807) is 0 Å². The number of benzene rings is 2. The fourth-order valence-electron chi connectivity index (χ4n) is 6.97. The Kier molecular flexibility index (Phi) is 7.04. The smallest absolute Gasteiger partial charge is 0.358 e. The van der Waals surface area contributed by atoms with Crippen molar-refractivity contribution in [2.45, 2.75) is 69.4 Å². The van der Waals surface area contributed by atoms with Gasteiger partial charge in [0.1, 0.15) is 46.0 Å². The van der Waals surface area contributed by atoms with Crippen LogP contribution >= 0.6 is 0 Å². The topological polar surface area (TPSA) is 212 Å². The lowest BCUT2D eigenvalue weighted by atomic mass is 9.73. The Morgan fingerprint density at radius 1 is 0.848 bits per heavy atom. The minimum Gasteiger partial charge on any atom is -0.507 e. The normalized spacial score (nSPS) is 26.7. The molecule has 0 radical (unpaired) electrons. The highest BCUT2D eigenvalue weighted by Gasteiger charge is 2.62. The summed E-state index contributed by atoms with van der Waals surface area (Å²) in [7, 11) is 2.10. The van der Waals surface area contributed by atoms with E-state index >= 15 is 0 Å². The number of cyclic esters (lactones) is 1. The number of fused-ring (bicyclic) bond motifs is 3. The van der Waals surface area contributed by atoms with Crippen molar-refractivity contribution in [2.24, 2.45) is 0 Å². The zero-order valence-corrected chi connectivity index (χ0v) is 25.2. The molecule has 4 aliphatic rings. The highest BCUT2D eigenvalue weighted by atomic mass is 16.6. The predicted molar refractivity (Wildman–Crippen MR) is 153 cm³/mol. The van der Waals surface area contributed by atoms with E-state index in [2.05, 4.69) is 0 Å². The number of phenols is 2. The zero-order valence-electron chi connectivity index (χ0n) is 25.2. The van der Waals surface area contributed by atoms with Gasteiger partial charge in [0.25, 0.3) is 5.60 Å². The summed E-state index contributed by atoms with van der Waals surface area (Å²) in [6, 6.07) is 2.59. The van der Waals surface area contributed by atoms with Crippen LogP contribution in [0, 0.1) is 13.8 Å². The number of carbonyl (C=O) groups excluding carboxylic acids is 5. The summed E-state index contributed by atoms with van der Waals surface area (Å²) in [5.41, 5.74) is -5.37. The van der Waals surface area contributed by atoms with Crippen LogP contribution in [0.5, 0.6) is 23.0 Å². The van der Waals surface area contributed by atoms with Gasteiger partial charge in [-0.2, -0.15) is 0 Å². The van der Waals surface area contributed by atoms with E-state index in [1.807, 2.05) is 0 Å². The van der Waals surface area contributed by atoms with Crippen molar-refractivity contribution >= 4 is 35.2 Å². The standard InChI is InChI=1S/C32H30O14/c1-12-9-15(34)23-16(35)11-31(29(40)42-3,19-7-8-20(37)44-19)46-28(23)22(12)21-13(2)10-17-24(26(21)38)27(39)25-14(33)5-6-18(36)32(25,45-17)30(41)43-4/h9-10,18-19,34,36,38-39H,5-8,11H2,1-4H3. The average Bonchev–Trinajstić information content (AvgIpc) is 3.45. The number of ether oxygens (including phenoxy) is 5. The van der Waals surface area contributed by atoms with Gasteiger partial charge in [0.2, 0.25) is 5.60 Å². The molecule has 3 heterocycles. The van der Waals surface area contributed by atoms with Crippen molar-refractivity contribution in [1.29, 1.82) is 0 Å². The highest BCUT2D eigenvalue weighted by molar-refractivity contribution is 6.13. The van der Waals surface area contributed by atoms with E-state index in [0.717, 1.165) is 14.2 Å². The highest BCUT2D eigenvalue weighted by Crippen LogP contribution is 2.56. The molecule has 1 aliphatic carbocycles. The van der Waals surface area contributed by atoms with Gasteiger partial charge in [-0.3, -0.25) is 14.4 Å². The summed E-state index contributed by atoms with van der Waals surface area (Å²) in [6.07, 6.45) is -3.82. The lowest BCUT2D eigenvalue weighted by Crippen LogP contribution is -2.61. The van der Waals surface area contributed by atoms with Gasteiger partial charge < -0.3 is 44.1 Å². The Balaban J connectivity index is 1.62. The molecule has 1 saturated heterocycles. The maximum absolute atomic E-state index is 13.7. The van der Waals surface area contributed by atoms with Crippen LogP contribution in [0.1, 0.15) is 59.2 Å². The Labute approximate surface area is 261 Å². The first kappa shape index (κ1) is 30.9. The molecule has 0 bridgehead atoms. The Morgan fingerprint density at radius 3 is 2.15 bits per heavy atom. The third-order valence-corrected chi connectivity index (χ3v) is 9.09. The number of phenolic OH excluding ortho intramolecular Hbond substituents is 2. The number of aliphatic hydroxyl groups excluding tert-OH is 2. The van der Waals surface area contributed by atoms with Crippen LogP contribution in [0.2, 0.25) is 0 Å². The fraction of sp³-hybridized carbons (Fsp3) is 0.406. The van der Waals surface area contributed by atoms with Crippen molar-refractivity contribution in [3.05, 3.63) is 40.0 Å². The number of aromatic hydroxyl groups is 2. The molecule has 14 nitrogen and oxygen atoms in total. The van der Waals surface area contributed by atoms with Gasteiger partial charge in [-0.05, 0) is 49.9 Å². The van der Waals surface area contributed by atoms with Gasteiger partial charge in [0, 0.05) is 24.0 Å². The first-order valence-corrected chi connectivity index (χ1v) is 14.4. The molecule has 3 aliphatic heterocycles. The molecule has 4 unspecified atom stereocenters. The molecule has 2 aromatic carbocycles. The lowest BCUT2D eigenvalue weighted by Gasteiger charge is -2.43. The van der Waals surface area contributed by atoms with Crippen LogP contribution in [-0.2, 0) is 33.4 Å². The van der Waals surface area contributed by atoms with Gasteiger partial charge in [0.15, 0.2) is 17.7 Å². The van der Waals surface area contributed by atoms with Crippen LogP contribution in [0.4, 0.5) is 0 Å². The number of aliphatic hydroxyl groups is 2. The van der Waals surface area contributed by atoms with Gasteiger partial charge >= 0.3 is 17.9 Å². The van der Waals surface area contributed by atoms with Gasteiger partial charge in [-0.25, -0.2) is 9.59 Å². The maximum atomic E-state index is 13.7. The van der Waals surface area contributed by atoms with Crippen molar-refractivity contribution in [1.82, 2.24) is 0 Å². The molecule has 242 valence electrons. The molecular weight excluding hydrogens is 608 g/mol. The van der Waals surface area contributed by atoms with Gasteiger partial charge in [-0.1, -0.05) is 0 Å². The number of rotatable bonds is 4. The summed E-state index contributed by atoms with van der Waals surface area (Å²) in [4.78, 5) is 65.1. The van der Waals surface area contributed by atoms with Gasteiger partial charge in [0.05, 0.1) is 26.2 Å². The Hall–Kier alpha value is -5.11. The van der Waals surface area contributed by atoms with Crippen LogP contribution < -0.4 is 9.47 Å². The largest absolute Gasteiger partial charge is 0.507 e. The number of hydrogen-bond donors (Lipinski definition) is 4. The van der Waals surface area contributed by atoms with Crippen molar-refractivity contribution in [3.63, 3.8) is 0 Å². The predicted octanol–water partition coefficient (Wildman–Crippen LogP) is 2.26. The summed E-state index contributed by atoms with van der Waals surface area (Å²) in [6.45, 7) is 3.06. The van der Waals surface area contributed by atoms with Crippen molar-refractivity contribution < 1.29 is 68.1 Å². The molecule has 0 spiro atoms. The monoisotopic (exact) mass is 638 g/mol. The molecule has 6 rings (SSSR count). The van der Waals surface area contributed by atoms with Crippen LogP contribution in [0.15, 0.2) is 17.7 Å². The minimum absolute atomic E-state index is 0.0221. The van der Waals surface area contributed by atoms with Crippen LogP contribution in [-0.4, -0.2) is 87.5 Å². The lowest BCUT2D eigenvalue weighted by molar-refractivity contribution is -0.175. The molecule has 46 heavy (non-hydrogen) atoms. The van der Waals surface area contributed by atoms with E-state index < -0.39 is 87.7 Å². The molecule has 2 fully saturated rings. The molecule has 14 heteroatoms. The number of aryl methyl sites for hydroxylation is 2. The van der Waals surface area contributed by atoms with Crippen molar-refractivity contribution in [2.75, 3.05) is 14.2 Å². The number of esters is 3. The molecule has 0 amide bonds. The first-order chi connectivity index (χ1) is 21.7. The molecule has 1 saturated carbocycles. The number of Topliss-reactive ketones (excluding diaryl/α,β-unsaturated/α-hetero) is 2. The molecule has 4 N–H and O–H groups in total. The Morgan fingerprint density at radius 2 is 1.52 bits per heavy atom. The summed E-state index contributed by atoms with van der Waals surface area (Å²) in [5.74, 6) is -6.77. The fourth-order valence-corrected chi connectivity index (χ4v) is 6.97. The van der Waals surface area contributed by atoms with E-state index in [1.165, 1.54) is 26.0 Å². The summed E-state index contributed by atoms with van der Waals surface area (Å²) in [5, 5.41) is 45.1. The second-order valence-corrected chi connectivity index (χ2v) is 11.7. The molecular formula is C32H30O14. The third-order valence-electron chi connectivity index (χ3n) is 9.09. The average molecular weight is 639 g/mol. The zero-order chi connectivity index (χ0) is 33.5. The Bertz CT molecular complexity index is 1800. The second kappa shape index (κ2) is 10.5. The first-order valence-electron chi connectivity index (χ1n) is 14.4. The van der Waals surface area contributed by atoms with E-state index in [-0.39, 0.29) is 65.0 Å². The summed E-state index contributed by atoms with van der Waals surface area (Å²) >= 11 is 0. The van der Waals surface area contributed by atoms with Gasteiger partial charge in [-0.15, -0.1) is 0 Å². The third kappa shape index (κ3) is 4.02. The number of methoxy groups -OCH3 is 2. The second-order valence-electron chi connectivity index (χ2n) is 11.7. The number of hydrogen-bond acceptors (Lipinski definition) is 14. The van der Waals surface area contributed by atoms with Crippen LogP contribution in [0.3, 0.4) is 0 Å². The molecule has 2 aromatic rings. The van der Waals surface area contributed by atoms with E-state index in [0.29, 0.717) is 0 Å². The van der Waals surface area contributed by atoms with E-state index in [4.69, 9.17) is 23.7 Å². The minimum atomic E-state index is -2.40. The van der Waals surface area contributed by atoms with E-state index in [9.17, 15) is 44.4 Å². The number of carbonyl (C=O) groups is 5. The number of ketones is 2. The van der Waals surface area contributed by atoms with Crippen LogP contribution in [0.25, 0.3) is 16.9 Å².